The van der Waals surface area contributed by atoms with Crippen molar-refractivity contribution in [3.63, 3.8) is 0 Å². The fourth-order valence-electron chi connectivity index (χ4n) is 2.05. The molecule has 0 fully saturated rings. The van der Waals surface area contributed by atoms with Crippen molar-refractivity contribution < 1.29 is 0 Å². The molecule has 1 aromatic carbocycles. The maximum absolute atomic E-state index is 6.22. The highest BCUT2D eigenvalue weighted by Gasteiger charge is 2.17. The zero-order valence-electron chi connectivity index (χ0n) is 10.9. The number of hydrogen-bond acceptors (Lipinski definition) is 5. The first kappa shape index (κ1) is 12.5. The summed E-state index contributed by atoms with van der Waals surface area (Å²) >= 11 is 7.66. The molecule has 0 unspecified atom stereocenters. The lowest BCUT2D eigenvalue weighted by Crippen LogP contribution is -1.91. The molecule has 0 spiro atoms. The van der Waals surface area contributed by atoms with Gasteiger partial charge in [-0.25, -0.2) is 0 Å². The van der Waals surface area contributed by atoms with Crippen LogP contribution < -0.4 is 0 Å². The van der Waals surface area contributed by atoms with Gasteiger partial charge in [0.15, 0.2) is 0 Å². The van der Waals surface area contributed by atoms with Gasteiger partial charge in [-0.1, -0.05) is 41.1 Å². The predicted octanol–water partition coefficient (Wildman–Crippen LogP) is 3.20. The lowest BCUT2D eigenvalue weighted by Gasteiger charge is -1.97. The van der Waals surface area contributed by atoms with Crippen molar-refractivity contribution >= 4 is 27.9 Å². The van der Waals surface area contributed by atoms with Crippen molar-refractivity contribution in [3.8, 4) is 22.1 Å². The van der Waals surface area contributed by atoms with Crippen LogP contribution in [0.2, 0.25) is 5.02 Å². The second-order valence-corrected chi connectivity index (χ2v) is 5.90. The average molecular weight is 317 g/mol. The molecule has 3 aromatic heterocycles. The Labute approximate surface area is 128 Å². The predicted molar refractivity (Wildman–Crippen MR) is 81.4 cm³/mol. The van der Waals surface area contributed by atoms with Crippen LogP contribution in [0.15, 0.2) is 30.3 Å². The van der Waals surface area contributed by atoms with Crippen LogP contribution in [0.25, 0.3) is 27.1 Å². The molecule has 0 amide bonds. The number of fused-ring (bicyclic) bond motifs is 1. The van der Waals surface area contributed by atoms with E-state index in [0.29, 0.717) is 15.8 Å². The number of H-pyrrole nitrogens is 1. The standard InChI is InChI=1S/C13H9ClN6S/c1-7-6-10(16-15-7)11-17-18-13-20(11)19-12(21-13)8-4-2-3-5-9(8)14/h2-6H,1H3,(H,15,16). The number of rotatable bonds is 2. The average Bonchev–Trinajstić information content (AvgIpc) is 3.14. The molecule has 0 aliphatic heterocycles. The molecule has 4 rings (SSSR count). The first-order valence-electron chi connectivity index (χ1n) is 6.22. The van der Waals surface area contributed by atoms with Crippen LogP contribution in [0.5, 0.6) is 0 Å². The molecule has 1 N–H and O–H groups in total. The normalized spacial score (nSPS) is 11.3. The Bertz CT molecular complexity index is 937. The van der Waals surface area contributed by atoms with Gasteiger partial charge in [0.2, 0.25) is 10.8 Å². The highest BCUT2D eigenvalue weighted by molar-refractivity contribution is 7.19. The van der Waals surface area contributed by atoms with Crippen molar-refractivity contribution in [2.24, 2.45) is 0 Å². The number of halogens is 1. The van der Waals surface area contributed by atoms with E-state index < -0.39 is 0 Å². The summed E-state index contributed by atoms with van der Waals surface area (Å²) in [5.41, 5.74) is 2.57. The zero-order chi connectivity index (χ0) is 14.4. The van der Waals surface area contributed by atoms with E-state index in [4.69, 9.17) is 11.6 Å². The third kappa shape index (κ3) is 2.01. The van der Waals surface area contributed by atoms with Crippen LogP contribution >= 0.6 is 22.9 Å². The SMILES string of the molecule is Cc1cc(-c2nnc3sc(-c4ccccc4Cl)nn23)n[nH]1. The Hall–Kier alpha value is -2.25. The van der Waals surface area contributed by atoms with Crippen LogP contribution in [0.4, 0.5) is 0 Å². The quantitative estimate of drug-likeness (QED) is 0.616. The first-order chi connectivity index (χ1) is 10.2. The van der Waals surface area contributed by atoms with Gasteiger partial charge in [0.1, 0.15) is 10.7 Å². The van der Waals surface area contributed by atoms with Crippen LogP contribution in [-0.4, -0.2) is 30.0 Å². The number of aromatic amines is 1. The minimum atomic E-state index is 0.615. The van der Waals surface area contributed by atoms with Gasteiger partial charge in [-0.2, -0.15) is 14.7 Å². The summed E-state index contributed by atoms with van der Waals surface area (Å²) in [5.74, 6) is 0.615. The molecular weight excluding hydrogens is 308 g/mol. The Morgan fingerprint density at radius 1 is 1.24 bits per heavy atom. The number of aryl methyl sites for hydroxylation is 1. The van der Waals surface area contributed by atoms with E-state index in [-0.39, 0.29) is 0 Å². The third-order valence-corrected chi connectivity index (χ3v) is 4.29. The highest BCUT2D eigenvalue weighted by Crippen LogP contribution is 2.32. The van der Waals surface area contributed by atoms with Crippen molar-refractivity contribution in [2.45, 2.75) is 6.92 Å². The second-order valence-electron chi connectivity index (χ2n) is 4.54. The fraction of sp³-hybridized carbons (Fsp3) is 0.0769. The van der Waals surface area contributed by atoms with E-state index in [9.17, 15) is 0 Å². The Morgan fingerprint density at radius 3 is 2.86 bits per heavy atom. The fourth-order valence-corrected chi connectivity index (χ4v) is 3.21. The molecule has 6 nitrogen and oxygen atoms in total. The molecule has 0 atom stereocenters. The molecule has 0 saturated heterocycles. The number of nitrogens with zero attached hydrogens (tertiary/aromatic N) is 5. The third-order valence-electron chi connectivity index (χ3n) is 3.03. The lowest BCUT2D eigenvalue weighted by molar-refractivity contribution is 0.952. The van der Waals surface area contributed by atoms with E-state index >= 15 is 0 Å². The van der Waals surface area contributed by atoms with Crippen molar-refractivity contribution in [2.75, 3.05) is 0 Å². The largest absolute Gasteiger partial charge is 0.282 e. The van der Waals surface area contributed by atoms with Gasteiger partial charge in [0.25, 0.3) is 0 Å². The topological polar surface area (TPSA) is 71.8 Å². The minimum absolute atomic E-state index is 0.615. The van der Waals surface area contributed by atoms with Gasteiger partial charge in [0.05, 0.1) is 5.02 Å². The van der Waals surface area contributed by atoms with Crippen molar-refractivity contribution in [1.82, 2.24) is 30.0 Å². The van der Waals surface area contributed by atoms with E-state index in [1.807, 2.05) is 37.3 Å². The van der Waals surface area contributed by atoms with Gasteiger partial charge in [-0.05, 0) is 19.1 Å². The molecule has 4 aromatic rings. The molecule has 0 bridgehead atoms. The summed E-state index contributed by atoms with van der Waals surface area (Å²) in [7, 11) is 0. The summed E-state index contributed by atoms with van der Waals surface area (Å²) in [6.45, 7) is 1.94. The number of aromatic nitrogens is 6. The van der Waals surface area contributed by atoms with E-state index in [1.165, 1.54) is 11.3 Å². The van der Waals surface area contributed by atoms with Gasteiger partial charge in [0, 0.05) is 11.3 Å². The van der Waals surface area contributed by atoms with Crippen LogP contribution in [0.1, 0.15) is 5.69 Å². The molecule has 3 heterocycles. The zero-order valence-corrected chi connectivity index (χ0v) is 12.5. The van der Waals surface area contributed by atoms with E-state index in [0.717, 1.165) is 22.0 Å². The van der Waals surface area contributed by atoms with Crippen LogP contribution in [-0.2, 0) is 0 Å². The lowest BCUT2D eigenvalue weighted by atomic mass is 10.2. The molecule has 0 aliphatic carbocycles. The monoisotopic (exact) mass is 316 g/mol. The molecular formula is C13H9ClN6S. The second kappa shape index (κ2) is 4.64. The Morgan fingerprint density at radius 2 is 2.10 bits per heavy atom. The number of benzene rings is 1. The molecule has 104 valence electrons. The first-order valence-corrected chi connectivity index (χ1v) is 7.41. The molecule has 0 saturated carbocycles. The van der Waals surface area contributed by atoms with Gasteiger partial charge >= 0.3 is 0 Å². The number of nitrogens with one attached hydrogen (secondary N) is 1. The molecule has 21 heavy (non-hydrogen) atoms. The van der Waals surface area contributed by atoms with Crippen LogP contribution in [0.3, 0.4) is 0 Å². The maximum Gasteiger partial charge on any atom is 0.235 e. The van der Waals surface area contributed by atoms with E-state index in [1.54, 1.807) is 4.52 Å². The summed E-state index contributed by atoms with van der Waals surface area (Å²) < 4.78 is 1.69. The van der Waals surface area contributed by atoms with Gasteiger partial charge in [-0.3, -0.25) is 5.10 Å². The number of hydrogen-bond donors (Lipinski definition) is 1. The van der Waals surface area contributed by atoms with Gasteiger partial charge < -0.3 is 0 Å². The highest BCUT2D eigenvalue weighted by atomic mass is 35.5. The summed E-state index contributed by atoms with van der Waals surface area (Å²) in [6, 6.07) is 9.51. The van der Waals surface area contributed by atoms with Crippen molar-refractivity contribution in [3.05, 3.63) is 41.0 Å². The Balaban J connectivity index is 1.88. The maximum atomic E-state index is 6.22. The van der Waals surface area contributed by atoms with Crippen molar-refractivity contribution in [1.29, 1.82) is 0 Å². The summed E-state index contributed by atoms with van der Waals surface area (Å²) in [6.07, 6.45) is 0. The van der Waals surface area contributed by atoms with E-state index in [2.05, 4.69) is 25.5 Å². The Kier molecular flexibility index (Phi) is 2.76. The molecule has 0 radical (unpaired) electrons. The van der Waals surface area contributed by atoms with Gasteiger partial charge in [-0.15, -0.1) is 10.2 Å². The summed E-state index contributed by atoms with van der Waals surface area (Å²) in [4.78, 5) is 0.709. The smallest absolute Gasteiger partial charge is 0.235 e. The molecule has 0 aliphatic rings. The summed E-state index contributed by atoms with van der Waals surface area (Å²) in [5, 5.41) is 21.4. The van der Waals surface area contributed by atoms with Crippen LogP contribution in [0, 0.1) is 6.92 Å². The molecule has 8 heteroatoms. The minimum Gasteiger partial charge on any atom is -0.282 e.